The molecule has 1 N–H and O–H groups in total. The smallest absolute Gasteiger partial charge is 0.325 e. The van der Waals surface area contributed by atoms with E-state index in [1.165, 1.54) is 35.9 Å². The molecule has 0 radical (unpaired) electrons. The molecule has 1 aliphatic carbocycles. The second kappa shape index (κ2) is 12.2. The Kier molecular flexibility index (Phi) is 8.72. The van der Waals surface area contributed by atoms with Gasteiger partial charge in [0.05, 0.1) is 12.5 Å². The van der Waals surface area contributed by atoms with Crippen molar-refractivity contribution in [3.63, 3.8) is 0 Å². The van der Waals surface area contributed by atoms with E-state index in [-0.39, 0.29) is 18.4 Å². The lowest BCUT2D eigenvalue weighted by Crippen LogP contribution is -2.40. The van der Waals surface area contributed by atoms with Gasteiger partial charge in [0, 0.05) is 38.2 Å². The van der Waals surface area contributed by atoms with Crippen molar-refractivity contribution >= 4 is 28.9 Å². The molecule has 6 nitrogen and oxygen atoms in total. The van der Waals surface area contributed by atoms with Gasteiger partial charge >= 0.3 is 5.97 Å². The average Bonchev–Trinajstić information content (AvgIpc) is 2.94. The highest BCUT2D eigenvalue weighted by molar-refractivity contribution is 5.96. The molecule has 0 saturated heterocycles. The number of ether oxygens (including phenoxy) is 1. The minimum absolute atomic E-state index is 0.0771. The Labute approximate surface area is 226 Å². The van der Waals surface area contributed by atoms with Crippen molar-refractivity contribution in [3.8, 4) is 11.1 Å². The molecule has 0 atom stereocenters. The van der Waals surface area contributed by atoms with Crippen molar-refractivity contribution in [3.05, 3.63) is 78.4 Å². The highest BCUT2D eigenvalue weighted by Gasteiger charge is 2.39. The van der Waals surface area contributed by atoms with Crippen LogP contribution in [0, 0.1) is 5.41 Å². The fourth-order valence-electron chi connectivity index (χ4n) is 5.30. The first kappa shape index (κ1) is 27.2. The van der Waals surface area contributed by atoms with Crippen LogP contribution >= 0.6 is 0 Å². The Hall–Kier alpha value is -3.80. The summed E-state index contributed by atoms with van der Waals surface area (Å²) < 4.78 is 4.78. The maximum atomic E-state index is 13.8. The molecule has 38 heavy (non-hydrogen) atoms. The molecular formula is C32H39N3O3. The summed E-state index contributed by atoms with van der Waals surface area (Å²) in [5.41, 5.74) is 5.88. The lowest BCUT2D eigenvalue weighted by molar-refractivity contribution is -0.138. The molecule has 1 saturated carbocycles. The number of nitrogens with zero attached hydrogens (tertiary/aromatic N) is 2. The first-order valence-electron chi connectivity index (χ1n) is 13.4. The van der Waals surface area contributed by atoms with Gasteiger partial charge in [-0.05, 0) is 66.3 Å². The third-order valence-corrected chi connectivity index (χ3v) is 7.64. The highest BCUT2D eigenvalue weighted by atomic mass is 16.5. The SMILES string of the molecule is COC(=O)CN(C)c1cccc(NC(=O)C2(Cc3ccc(-c4ccc(N(C)C)cc4)cc3)CCCCC2)c1. The normalized spacial score (nSPS) is 14.4. The minimum Gasteiger partial charge on any atom is -0.468 e. The first-order chi connectivity index (χ1) is 18.3. The first-order valence-corrected chi connectivity index (χ1v) is 13.4. The van der Waals surface area contributed by atoms with Crippen LogP contribution in [0.25, 0.3) is 11.1 Å². The average molecular weight is 514 g/mol. The van der Waals surface area contributed by atoms with Crippen LogP contribution in [-0.2, 0) is 20.7 Å². The number of nitrogens with one attached hydrogen (secondary N) is 1. The van der Waals surface area contributed by atoms with Gasteiger partial charge in [0.25, 0.3) is 0 Å². The van der Waals surface area contributed by atoms with E-state index >= 15 is 0 Å². The van der Waals surface area contributed by atoms with Crippen LogP contribution in [0.5, 0.6) is 0 Å². The summed E-state index contributed by atoms with van der Waals surface area (Å²) >= 11 is 0. The number of likely N-dealkylation sites (N-methyl/N-ethyl adjacent to an activating group) is 1. The molecule has 0 unspecified atom stereocenters. The number of amides is 1. The van der Waals surface area contributed by atoms with Crippen molar-refractivity contribution < 1.29 is 14.3 Å². The number of carbonyl (C=O) groups excluding carboxylic acids is 2. The third-order valence-electron chi connectivity index (χ3n) is 7.64. The molecule has 0 spiro atoms. The van der Waals surface area contributed by atoms with Crippen molar-refractivity contribution in [2.24, 2.45) is 5.41 Å². The van der Waals surface area contributed by atoms with Crippen molar-refractivity contribution in [2.75, 3.05) is 49.9 Å². The van der Waals surface area contributed by atoms with E-state index in [2.05, 4.69) is 58.7 Å². The fourth-order valence-corrected chi connectivity index (χ4v) is 5.30. The monoisotopic (exact) mass is 513 g/mol. The molecule has 1 aliphatic rings. The number of carbonyl (C=O) groups is 2. The van der Waals surface area contributed by atoms with Gasteiger partial charge < -0.3 is 19.9 Å². The van der Waals surface area contributed by atoms with E-state index in [4.69, 9.17) is 4.74 Å². The standard InChI is InChI=1S/C32H39N3O3/c1-34(2)28-17-15-26(16-18-28)25-13-11-24(12-14-25)22-32(19-6-5-7-20-32)31(37)33-27-9-8-10-29(21-27)35(3)23-30(36)38-4/h8-18,21H,5-7,19-20,22-23H2,1-4H3,(H,33,37). The number of esters is 1. The summed E-state index contributed by atoms with van der Waals surface area (Å²) in [5.74, 6) is -0.229. The van der Waals surface area contributed by atoms with Gasteiger partial charge in [-0.3, -0.25) is 9.59 Å². The topological polar surface area (TPSA) is 61.9 Å². The largest absolute Gasteiger partial charge is 0.468 e. The number of hydrogen-bond acceptors (Lipinski definition) is 5. The summed E-state index contributed by atoms with van der Waals surface area (Å²) in [6, 6.07) is 24.9. The van der Waals surface area contributed by atoms with Crippen LogP contribution in [0.2, 0.25) is 0 Å². The minimum atomic E-state index is -0.430. The Morgan fingerprint density at radius 1 is 0.842 bits per heavy atom. The van der Waals surface area contributed by atoms with Crippen LogP contribution in [0.15, 0.2) is 72.8 Å². The van der Waals surface area contributed by atoms with Gasteiger partial charge in [0.2, 0.25) is 5.91 Å². The quantitative estimate of drug-likeness (QED) is 0.347. The molecule has 1 amide bonds. The van der Waals surface area contributed by atoms with E-state index in [1.807, 2.05) is 50.3 Å². The molecule has 200 valence electrons. The Balaban J connectivity index is 1.49. The van der Waals surface area contributed by atoms with E-state index in [9.17, 15) is 9.59 Å². The fraction of sp³-hybridized carbons (Fsp3) is 0.375. The van der Waals surface area contributed by atoms with E-state index < -0.39 is 5.41 Å². The molecule has 0 heterocycles. The predicted molar refractivity (Wildman–Crippen MR) is 156 cm³/mol. The van der Waals surface area contributed by atoms with Gasteiger partial charge in [-0.2, -0.15) is 0 Å². The summed E-state index contributed by atoms with van der Waals surface area (Å²) in [4.78, 5) is 29.4. The van der Waals surface area contributed by atoms with Gasteiger partial charge in [-0.1, -0.05) is 61.7 Å². The Bertz CT molecular complexity index is 1230. The summed E-state index contributed by atoms with van der Waals surface area (Å²) in [6.45, 7) is 0.146. The highest BCUT2D eigenvalue weighted by Crippen LogP contribution is 2.41. The van der Waals surface area contributed by atoms with Crippen LogP contribution in [0.4, 0.5) is 17.1 Å². The van der Waals surface area contributed by atoms with E-state index in [0.717, 1.165) is 43.5 Å². The number of methoxy groups -OCH3 is 1. The number of benzene rings is 3. The van der Waals surface area contributed by atoms with E-state index in [1.54, 1.807) is 0 Å². The zero-order valence-corrected chi connectivity index (χ0v) is 23.0. The summed E-state index contributed by atoms with van der Waals surface area (Å²) in [7, 11) is 7.30. The number of hydrogen-bond donors (Lipinski definition) is 1. The van der Waals surface area contributed by atoms with Gasteiger partial charge in [-0.25, -0.2) is 0 Å². The van der Waals surface area contributed by atoms with Crippen molar-refractivity contribution in [1.29, 1.82) is 0 Å². The van der Waals surface area contributed by atoms with Crippen LogP contribution in [0.1, 0.15) is 37.7 Å². The molecule has 0 bridgehead atoms. The lowest BCUT2D eigenvalue weighted by Gasteiger charge is -2.36. The molecule has 1 fully saturated rings. The second-order valence-corrected chi connectivity index (χ2v) is 10.6. The Morgan fingerprint density at radius 2 is 1.47 bits per heavy atom. The van der Waals surface area contributed by atoms with Crippen LogP contribution < -0.4 is 15.1 Å². The Morgan fingerprint density at radius 3 is 2.08 bits per heavy atom. The maximum Gasteiger partial charge on any atom is 0.325 e. The van der Waals surface area contributed by atoms with Gasteiger partial charge in [0.1, 0.15) is 6.54 Å². The van der Waals surface area contributed by atoms with Gasteiger partial charge in [0.15, 0.2) is 0 Å². The zero-order chi connectivity index (χ0) is 27.1. The van der Waals surface area contributed by atoms with Gasteiger partial charge in [-0.15, -0.1) is 0 Å². The molecule has 4 rings (SSSR count). The van der Waals surface area contributed by atoms with Crippen molar-refractivity contribution in [2.45, 2.75) is 38.5 Å². The molecule has 0 aromatic heterocycles. The van der Waals surface area contributed by atoms with E-state index in [0.29, 0.717) is 0 Å². The zero-order valence-electron chi connectivity index (χ0n) is 23.0. The summed E-state index contributed by atoms with van der Waals surface area (Å²) in [5, 5.41) is 3.20. The number of anilines is 3. The number of rotatable bonds is 9. The summed E-state index contributed by atoms with van der Waals surface area (Å²) in [6.07, 6.45) is 5.78. The molecule has 3 aromatic rings. The molecule has 0 aliphatic heterocycles. The van der Waals surface area contributed by atoms with Crippen LogP contribution in [0.3, 0.4) is 0 Å². The maximum absolute atomic E-state index is 13.8. The third kappa shape index (κ3) is 6.55. The molecule has 3 aromatic carbocycles. The molecular weight excluding hydrogens is 474 g/mol. The second-order valence-electron chi connectivity index (χ2n) is 10.6. The van der Waals surface area contributed by atoms with Crippen molar-refractivity contribution in [1.82, 2.24) is 0 Å². The van der Waals surface area contributed by atoms with Crippen LogP contribution in [-0.4, -0.2) is 46.7 Å². The predicted octanol–water partition coefficient (Wildman–Crippen LogP) is 6.16. The lowest BCUT2D eigenvalue weighted by atomic mass is 9.69. The molecule has 6 heteroatoms.